The summed E-state index contributed by atoms with van der Waals surface area (Å²) < 4.78 is 66.3. The Labute approximate surface area is 496 Å². The van der Waals surface area contributed by atoms with Gasteiger partial charge in [-0.25, -0.2) is 9.97 Å². The number of ether oxygens (including phenoxy) is 4. The number of aromatic nitrogens is 6. The normalized spacial score (nSPS) is 19.1. The van der Waals surface area contributed by atoms with Gasteiger partial charge in [0.05, 0.1) is 91.0 Å². The number of benzene rings is 2. The molecule has 0 bridgehead atoms. The third kappa shape index (κ3) is 16.3. The highest BCUT2D eigenvalue weighted by molar-refractivity contribution is 7.13. The van der Waals surface area contributed by atoms with Crippen molar-refractivity contribution in [2.75, 3.05) is 56.3 Å². The molecule has 4 amide bonds. The molecule has 0 spiro atoms. The van der Waals surface area contributed by atoms with Crippen LogP contribution < -0.4 is 25.6 Å². The Morgan fingerprint density at radius 2 is 1.68 bits per heavy atom. The first-order valence-electron chi connectivity index (χ1n) is 28.8. The van der Waals surface area contributed by atoms with Crippen LogP contribution in [-0.4, -0.2) is 140 Å². The van der Waals surface area contributed by atoms with Crippen molar-refractivity contribution in [3.05, 3.63) is 119 Å². The topological polar surface area (TPSA) is 237 Å². The van der Waals surface area contributed by atoms with Crippen molar-refractivity contribution < 1.29 is 56.4 Å². The lowest BCUT2D eigenvalue weighted by molar-refractivity contribution is -0.144. The first kappa shape index (κ1) is 62.2. The third-order valence-electron chi connectivity index (χ3n) is 15.4. The number of aliphatic hydroxyl groups excluding tert-OH is 1. The summed E-state index contributed by atoms with van der Waals surface area (Å²) in [7, 11) is 0. The van der Waals surface area contributed by atoms with E-state index in [9.17, 15) is 37.5 Å². The van der Waals surface area contributed by atoms with Crippen molar-refractivity contribution in [1.82, 2.24) is 45.5 Å². The van der Waals surface area contributed by atoms with E-state index in [-0.39, 0.29) is 61.6 Å². The highest BCUT2D eigenvalue weighted by Crippen LogP contribution is 2.37. The fourth-order valence-electron chi connectivity index (χ4n) is 10.7. The van der Waals surface area contributed by atoms with Gasteiger partial charge >= 0.3 is 6.18 Å². The van der Waals surface area contributed by atoms with Gasteiger partial charge < -0.3 is 49.8 Å². The number of thiazole rings is 1. The van der Waals surface area contributed by atoms with Gasteiger partial charge in [0, 0.05) is 80.4 Å². The summed E-state index contributed by atoms with van der Waals surface area (Å²) in [4.78, 5) is 72.7. The van der Waals surface area contributed by atoms with E-state index in [0.717, 1.165) is 52.4 Å². The van der Waals surface area contributed by atoms with Crippen LogP contribution in [0.25, 0.3) is 21.6 Å². The average Bonchev–Trinajstić information content (AvgIpc) is 4.23. The number of amides is 4. The molecule has 9 rings (SSSR count). The molecule has 3 saturated heterocycles. The van der Waals surface area contributed by atoms with E-state index in [1.165, 1.54) is 23.2 Å². The molecule has 0 unspecified atom stereocenters. The molecule has 3 fully saturated rings. The average molecular weight is 1190 g/mol. The maximum Gasteiger partial charge on any atom is 0.416 e. The number of aliphatic hydroxyl groups is 1. The molecule has 85 heavy (non-hydrogen) atoms. The number of unbranched alkanes of at least 4 members (excludes halogenated alkanes) is 2. The van der Waals surface area contributed by atoms with E-state index in [1.807, 2.05) is 83.6 Å². The number of aryl methyl sites for hydroxylation is 3. The SMILES string of the molecule is Cc1ncc(NC(=O)c2cccc(C(F)(F)F)c2)cc1-c1cnc(O[C@H]2CCO[C@H](COCc3cn(CCCCCC(=O)N[C@@H](C(=O)N4C[C@H](O)C[C@H]4C(=O)N[C@@H](C)c4ccc(-c5scnc5C)cc4)C(C)(C)C)nn3)C2)c(N2CCOCC2)c1. The molecule has 3 aliphatic heterocycles. The number of nitrogens with one attached hydrogen (secondary N) is 3. The molecule has 3 aliphatic rings. The van der Waals surface area contributed by atoms with Crippen LogP contribution in [0, 0.1) is 19.3 Å². The van der Waals surface area contributed by atoms with Crippen molar-refractivity contribution in [2.24, 2.45) is 5.41 Å². The van der Waals surface area contributed by atoms with Crippen LogP contribution in [0.4, 0.5) is 24.5 Å². The number of alkyl halides is 3. The van der Waals surface area contributed by atoms with Crippen molar-refractivity contribution in [3.8, 4) is 27.4 Å². The predicted molar refractivity (Wildman–Crippen MR) is 313 cm³/mol. The summed E-state index contributed by atoms with van der Waals surface area (Å²) in [6, 6.07) is 13.7. The van der Waals surface area contributed by atoms with Crippen LogP contribution in [0.3, 0.4) is 0 Å². The van der Waals surface area contributed by atoms with Gasteiger partial charge in [0.25, 0.3) is 5.91 Å². The van der Waals surface area contributed by atoms with Gasteiger partial charge in [0.15, 0.2) is 0 Å². The van der Waals surface area contributed by atoms with E-state index >= 15 is 0 Å². The molecule has 4 N–H and O–H groups in total. The molecule has 24 heteroatoms. The van der Waals surface area contributed by atoms with E-state index in [2.05, 4.69) is 41.1 Å². The molecular weight excluding hydrogens is 1120 g/mol. The summed E-state index contributed by atoms with van der Waals surface area (Å²) >= 11 is 1.57. The van der Waals surface area contributed by atoms with Gasteiger partial charge in [0.1, 0.15) is 29.6 Å². The minimum absolute atomic E-state index is 0.0133. The first-order valence-corrected chi connectivity index (χ1v) is 29.7. The summed E-state index contributed by atoms with van der Waals surface area (Å²) in [6.45, 7) is 15.0. The zero-order valence-corrected chi connectivity index (χ0v) is 49.5. The van der Waals surface area contributed by atoms with Crippen LogP contribution in [0.15, 0.2) is 84.8 Å². The number of nitrogens with zero attached hydrogens (tertiary/aromatic N) is 8. The largest absolute Gasteiger partial charge is 0.473 e. The molecule has 0 saturated carbocycles. The molecule has 20 nitrogen and oxygen atoms in total. The van der Waals surface area contributed by atoms with Gasteiger partial charge in [-0.15, -0.1) is 16.4 Å². The number of carbonyl (C=O) groups is 4. The van der Waals surface area contributed by atoms with Crippen LogP contribution >= 0.6 is 11.3 Å². The Morgan fingerprint density at radius 3 is 2.42 bits per heavy atom. The van der Waals surface area contributed by atoms with Gasteiger partial charge in [-0.2, -0.15) is 13.2 Å². The van der Waals surface area contributed by atoms with Gasteiger partial charge in [-0.3, -0.25) is 28.8 Å². The van der Waals surface area contributed by atoms with Crippen LogP contribution in [0.5, 0.6) is 5.88 Å². The number of carbonyl (C=O) groups excluding carboxylic acids is 4. The summed E-state index contributed by atoms with van der Waals surface area (Å²) in [5.41, 5.74) is 6.72. The minimum atomic E-state index is -4.59. The van der Waals surface area contributed by atoms with Crippen LogP contribution in [0.2, 0.25) is 0 Å². The highest BCUT2D eigenvalue weighted by Gasteiger charge is 2.45. The Bertz CT molecular complexity index is 3280. The molecule has 0 radical (unpaired) electrons. The van der Waals surface area contributed by atoms with Crippen molar-refractivity contribution in [3.63, 3.8) is 0 Å². The van der Waals surface area contributed by atoms with Crippen LogP contribution in [-0.2, 0) is 47.9 Å². The minimum Gasteiger partial charge on any atom is -0.473 e. The number of likely N-dealkylation sites (tertiary alicyclic amines) is 1. The zero-order chi connectivity index (χ0) is 60.4. The van der Waals surface area contributed by atoms with E-state index in [1.54, 1.807) is 28.3 Å². The number of morpholine rings is 1. The Balaban J connectivity index is 0.710. The van der Waals surface area contributed by atoms with Crippen LogP contribution in [0.1, 0.15) is 117 Å². The number of hydrogen-bond donors (Lipinski definition) is 4. The van der Waals surface area contributed by atoms with Gasteiger partial charge in [-0.1, -0.05) is 62.7 Å². The summed E-state index contributed by atoms with van der Waals surface area (Å²) in [5, 5.41) is 28.0. The number of β-amino-alcohol motifs (C(OH)–C–C–N with tert-alkyl or cyclic N) is 1. The van der Waals surface area contributed by atoms with Gasteiger partial charge in [-0.05, 0) is 80.5 Å². The lowest BCUT2D eigenvalue weighted by Crippen LogP contribution is -2.57. The molecule has 2 aromatic carbocycles. The Morgan fingerprint density at radius 1 is 0.894 bits per heavy atom. The number of hydrogen-bond acceptors (Lipinski definition) is 16. The third-order valence-corrected chi connectivity index (χ3v) is 16.4. The maximum atomic E-state index is 14.2. The number of halogens is 3. The number of rotatable bonds is 22. The second kappa shape index (κ2) is 27.8. The second-order valence-corrected chi connectivity index (χ2v) is 23.8. The second-order valence-electron chi connectivity index (χ2n) is 23.0. The van der Waals surface area contributed by atoms with Gasteiger partial charge in [0.2, 0.25) is 23.6 Å². The number of pyridine rings is 2. The summed E-state index contributed by atoms with van der Waals surface area (Å²) in [5.74, 6) is -1.31. The van der Waals surface area contributed by atoms with E-state index in [4.69, 9.17) is 23.9 Å². The molecule has 4 aromatic heterocycles. The molecule has 6 atom stereocenters. The molecule has 7 heterocycles. The number of anilines is 2. The smallest absolute Gasteiger partial charge is 0.416 e. The van der Waals surface area contributed by atoms with Crippen molar-refractivity contribution in [1.29, 1.82) is 0 Å². The highest BCUT2D eigenvalue weighted by atomic mass is 32.1. The molecular formula is C61H74F3N11O9S. The molecule has 0 aliphatic carbocycles. The fourth-order valence-corrected chi connectivity index (χ4v) is 11.5. The Kier molecular flexibility index (Phi) is 20.3. The standard InChI is InChI=1S/C61H74F3N11O9S/c1-37(40-14-16-41(17-15-40)54-39(3)67-36-85-54)68-57(79)51-28-47(76)33-75(51)59(80)55(60(4,5)6)70-53(77)13-8-7-9-19-74-32-46(71-72-74)34-82-35-49-29-48(18-22-83-49)84-58-52(73-20-23-81-24-21-73)26-43(30-66-58)50-27-45(31-65-38(50)2)69-56(78)42-11-10-12-44(25-42)61(62,63)64/h10-12,14-17,25-27,30-32,36-37,47-49,51,55,76H,7-9,13,18-24,28-29,33-35H2,1-6H3,(H,68,79)(H,69,78)(H,70,77)/t37-,47+,48-,49-,51-,55-/m0/s1. The summed E-state index contributed by atoms with van der Waals surface area (Å²) in [6.07, 6.45) is 2.52. The van der Waals surface area contributed by atoms with E-state index < -0.39 is 47.2 Å². The lowest BCUT2D eigenvalue weighted by atomic mass is 9.85. The quantitative estimate of drug-likeness (QED) is 0.0465. The monoisotopic (exact) mass is 1190 g/mol. The fraction of sp³-hybridized carbons (Fsp3) is 0.492. The van der Waals surface area contributed by atoms with Crippen molar-refractivity contribution in [2.45, 2.75) is 142 Å². The molecule has 454 valence electrons. The Hall–Kier alpha value is -7.38. The van der Waals surface area contributed by atoms with Crippen molar-refractivity contribution >= 4 is 46.3 Å². The lowest BCUT2D eigenvalue weighted by Gasteiger charge is -2.35. The first-order chi connectivity index (χ1) is 40.7. The van der Waals surface area contributed by atoms with E-state index in [0.29, 0.717) is 99.4 Å². The zero-order valence-electron chi connectivity index (χ0n) is 48.7. The predicted octanol–water partition coefficient (Wildman–Crippen LogP) is 8.66. The maximum absolute atomic E-state index is 14.2. The molecule has 6 aromatic rings.